The van der Waals surface area contributed by atoms with Crippen LogP contribution in [0.1, 0.15) is 13.3 Å². The molecule has 0 aliphatic rings. The lowest BCUT2D eigenvalue weighted by Gasteiger charge is -2.05. The highest BCUT2D eigenvalue weighted by Gasteiger charge is 2.10. The number of carbonyl (C=O) groups excluding carboxylic acids is 2. The van der Waals surface area contributed by atoms with Crippen LogP contribution in [0.15, 0.2) is 0 Å². The summed E-state index contributed by atoms with van der Waals surface area (Å²) in [4.78, 5) is 21.0. The van der Waals surface area contributed by atoms with Crippen LogP contribution >= 0.6 is 0 Å². The van der Waals surface area contributed by atoms with Crippen molar-refractivity contribution in [1.82, 2.24) is 5.32 Å². The number of carbonyl (C=O) groups is 2. The van der Waals surface area contributed by atoms with Gasteiger partial charge in [-0.1, -0.05) is 6.92 Å². The molecule has 1 atom stereocenters. The fourth-order valence-corrected chi connectivity index (χ4v) is 0.718. The monoisotopic (exact) mass is 157 g/mol. The van der Waals surface area contributed by atoms with Crippen LogP contribution in [0, 0.1) is 12.3 Å². The van der Waals surface area contributed by atoms with Crippen molar-refractivity contribution >= 4 is 11.8 Å². The number of amides is 2. The van der Waals surface area contributed by atoms with Crippen molar-refractivity contribution in [2.45, 2.75) is 13.3 Å². The molecule has 11 heavy (non-hydrogen) atoms. The van der Waals surface area contributed by atoms with Gasteiger partial charge in [-0.05, 0) is 5.92 Å². The third-order valence-corrected chi connectivity index (χ3v) is 1.21. The zero-order valence-corrected chi connectivity index (χ0v) is 6.76. The van der Waals surface area contributed by atoms with Crippen molar-refractivity contribution in [2.24, 2.45) is 11.7 Å². The van der Waals surface area contributed by atoms with E-state index in [0.717, 1.165) is 0 Å². The molecule has 0 heterocycles. The number of nitrogens with one attached hydrogen (secondary N) is 1. The smallest absolute Gasteiger partial charge is 0.223 e. The second kappa shape index (κ2) is 4.71. The molecular formula is C7H13N2O2. The van der Waals surface area contributed by atoms with E-state index in [-0.39, 0.29) is 18.2 Å². The van der Waals surface area contributed by atoms with Gasteiger partial charge in [0.15, 0.2) is 0 Å². The van der Waals surface area contributed by atoms with Gasteiger partial charge in [-0.2, -0.15) is 0 Å². The van der Waals surface area contributed by atoms with Crippen LogP contribution in [0.3, 0.4) is 0 Å². The van der Waals surface area contributed by atoms with E-state index in [4.69, 9.17) is 5.73 Å². The first-order valence-corrected chi connectivity index (χ1v) is 3.41. The summed E-state index contributed by atoms with van der Waals surface area (Å²) in [6, 6.07) is 0. The van der Waals surface area contributed by atoms with E-state index in [0.29, 0.717) is 0 Å². The van der Waals surface area contributed by atoms with Crippen molar-refractivity contribution in [3.8, 4) is 0 Å². The van der Waals surface area contributed by atoms with Crippen molar-refractivity contribution in [2.75, 3.05) is 7.05 Å². The molecule has 0 aromatic heterocycles. The molecule has 0 bridgehead atoms. The number of rotatable bonds is 4. The molecule has 63 valence electrons. The molecule has 0 aromatic rings. The molecule has 0 aromatic carbocycles. The summed E-state index contributed by atoms with van der Waals surface area (Å²) in [5, 5.41) is 2.42. The summed E-state index contributed by atoms with van der Waals surface area (Å²) in [6.45, 7) is 1.76. The lowest BCUT2D eigenvalue weighted by Crippen LogP contribution is -2.23. The lowest BCUT2D eigenvalue weighted by molar-refractivity contribution is -0.119. The minimum Gasteiger partial charge on any atom is -0.370 e. The Morgan fingerprint density at radius 1 is 1.64 bits per heavy atom. The number of primary amides is 1. The van der Waals surface area contributed by atoms with E-state index in [9.17, 15) is 9.59 Å². The van der Waals surface area contributed by atoms with Crippen molar-refractivity contribution in [3.63, 3.8) is 0 Å². The van der Waals surface area contributed by atoms with Gasteiger partial charge in [-0.25, -0.2) is 0 Å². The van der Waals surface area contributed by atoms with E-state index < -0.39 is 5.91 Å². The maximum Gasteiger partial charge on any atom is 0.223 e. The van der Waals surface area contributed by atoms with E-state index in [1.807, 2.05) is 0 Å². The molecule has 0 aliphatic heterocycles. The Hall–Kier alpha value is -1.06. The minimum absolute atomic E-state index is 0.0903. The van der Waals surface area contributed by atoms with Gasteiger partial charge in [0.25, 0.3) is 0 Å². The second-order valence-electron chi connectivity index (χ2n) is 2.43. The summed E-state index contributed by atoms with van der Waals surface area (Å²) < 4.78 is 0. The van der Waals surface area contributed by atoms with E-state index in [2.05, 4.69) is 5.32 Å². The summed E-state index contributed by atoms with van der Waals surface area (Å²) >= 11 is 0. The maximum atomic E-state index is 10.7. The van der Waals surface area contributed by atoms with Gasteiger partial charge in [0, 0.05) is 13.5 Å². The fraction of sp³-hybridized carbons (Fsp3) is 0.571. The van der Waals surface area contributed by atoms with Gasteiger partial charge >= 0.3 is 0 Å². The summed E-state index contributed by atoms with van der Waals surface area (Å²) in [6.07, 6.45) is 1.65. The van der Waals surface area contributed by atoms with Gasteiger partial charge in [0.2, 0.25) is 11.8 Å². The quantitative estimate of drug-likeness (QED) is 0.574. The normalized spacial score (nSPS) is 12.2. The van der Waals surface area contributed by atoms with Crippen LogP contribution < -0.4 is 11.1 Å². The molecule has 0 rings (SSSR count). The van der Waals surface area contributed by atoms with E-state index in [1.54, 1.807) is 6.92 Å². The third kappa shape index (κ3) is 5.39. The zero-order valence-electron chi connectivity index (χ0n) is 6.76. The topological polar surface area (TPSA) is 72.2 Å². The maximum absolute atomic E-state index is 10.7. The Morgan fingerprint density at radius 2 is 2.18 bits per heavy atom. The lowest BCUT2D eigenvalue weighted by atomic mass is 10.0. The van der Waals surface area contributed by atoms with E-state index >= 15 is 0 Å². The molecule has 4 nitrogen and oxygen atoms in total. The second-order valence-corrected chi connectivity index (χ2v) is 2.43. The van der Waals surface area contributed by atoms with Gasteiger partial charge in [-0.3, -0.25) is 9.59 Å². The van der Waals surface area contributed by atoms with Crippen LogP contribution in [0.5, 0.6) is 0 Å². The van der Waals surface area contributed by atoms with Crippen molar-refractivity contribution in [3.05, 3.63) is 6.42 Å². The van der Waals surface area contributed by atoms with Gasteiger partial charge < -0.3 is 11.1 Å². The van der Waals surface area contributed by atoms with Gasteiger partial charge in [-0.15, -0.1) is 0 Å². The molecule has 0 saturated carbocycles. The first kappa shape index (κ1) is 9.94. The van der Waals surface area contributed by atoms with Crippen molar-refractivity contribution in [1.29, 1.82) is 0 Å². The SMILES string of the molecule is CNC(=O)[CH][C@@H](C)CC(N)=O. The molecule has 0 fully saturated rings. The molecule has 1 radical (unpaired) electrons. The predicted molar refractivity (Wildman–Crippen MR) is 41.3 cm³/mol. The Labute approximate surface area is 66.1 Å². The molecule has 0 unspecified atom stereocenters. The molecule has 0 spiro atoms. The molecule has 0 aliphatic carbocycles. The van der Waals surface area contributed by atoms with Gasteiger partial charge in [0.05, 0.1) is 6.42 Å². The number of hydrogen-bond donors (Lipinski definition) is 2. The van der Waals surface area contributed by atoms with Gasteiger partial charge in [0.1, 0.15) is 0 Å². The molecule has 2 amide bonds. The van der Waals surface area contributed by atoms with Crippen LogP contribution in [-0.4, -0.2) is 18.9 Å². The van der Waals surface area contributed by atoms with E-state index in [1.165, 1.54) is 13.5 Å². The average Bonchev–Trinajstić information content (AvgIpc) is 1.85. The zero-order chi connectivity index (χ0) is 8.85. The Balaban J connectivity index is 3.60. The number of nitrogens with two attached hydrogens (primary N) is 1. The Morgan fingerprint density at radius 3 is 2.55 bits per heavy atom. The van der Waals surface area contributed by atoms with Crippen LogP contribution in [-0.2, 0) is 9.59 Å². The molecule has 4 heteroatoms. The molecule has 0 saturated heterocycles. The van der Waals surface area contributed by atoms with Crippen LogP contribution in [0.25, 0.3) is 0 Å². The highest BCUT2D eigenvalue weighted by molar-refractivity contribution is 5.85. The van der Waals surface area contributed by atoms with Crippen molar-refractivity contribution < 1.29 is 9.59 Å². The standard InChI is InChI=1S/C7H13N2O2/c1-5(3-6(8)10)4-7(11)9-2/h4-5H,3H2,1-2H3,(H2,8,10)(H,9,11)/t5-/m0/s1. The first-order valence-electron chi connectivity index (χ1n) is 3.41. The summed E-state index contributed by atoms with van der Waals surface area (Å²) in [5.41, 5.74) is 4.92. The Bertz CT molecular complexity index is 157. The number of hydrogen-bond acceptors (Lipinski definition) is 2. The first-order chi connectivity index (χ1) is 5.06. The predicted octanol–water partition coefficient (Wildman–Crippen LogP) is -0.552. The highest BCUT2D eigenvalue weighted by atomic mass is 16.2. The molecule has 3 N–H and O–H groups in total. The fourth-order valence-electron chi connectivity index (χ4n) is 0.718. The highest BCUT2D eigenvalue weighted by Crippen LogP contribution is 2.04. The largest absolute Gasteiger partial charge is 0.370 e. The molecular weight excluding hydrogens is 144 g/mol. The minimum atomic E-state index is -0.391. The van der Waals surface area contributed by atoms with Crippen LogP contribution in [0.2, 0.25) is 0 Å². The summed E-state index contributed by atoms with van der Waals surface area (Å²) in [5.74, 6) is -0.663. The summed E-state index contributed by atoms with van der Waals surface area (Å²) in [7, 11) is 1.54. The average molecular weight is 157 g/mol. The van der Waals surface area contributed by atoms with Crippen LogP contribution in [0.4, 0.5) is 0 Å². The third-order valence-electron chi connectivity index (χ3n) is 1.21. The Kier molecular flexibility index (Phi) is 4.26.